The van der Waals surface area contributed by atoms with Crippen molar-refractivity contribution in [2.75, 3.05) is 13.6 Å². The second-order valence-corrected chi connectivity index (χ2v) is 4.84. The van der Waals surface area contributed by atoms with Gasteiger partial charge in [-0.15, -0.1) is 24.0 Å². The number of nitriles is 1. The third kappa shape index (κ3) is 6.12. The molecule has 0 bridgehead atoms. The molecule has 7 heteroatoms. The van der Waals surface area contributed by atoms with Crippen molar-refractivity contribution in [1.82, 2.24) is 15.6 Å². The number of halogens is 2. The fourth-order valence-electron chi connectivity index (χ4n) is 2.01. The predicted molar refractivity (Wildman–Crippen MR) is 103 cm³/mol. The Labute approximate surface area is 158 Å². The van der Waals surface area contributed by atoms with Gasteiger partial charge in [-0.2, -0.15) is 5.26 Å². The molecule has 0 unspecified atom stereocenters. The van der Waals surface area contributed by atoms with Crippen molar-refractivity contribution >= 4 is 29.9 Å². The minimum atomic E-state index is -0.402. The first-order valence-corrected chi connectivity index (χ1v) is 7.26. The number of nitrogens with zero attached hydrogens (tertiary/aromatic N) is 3. The van der Waals surface area contributed by atoms with Crippen LogP contribution >= 0.6 is 24.0 Å². The second kappa shape index (κ2) is 10.5. The average Bonchev–Trinajstić information content (AvgIpc) is 2.59. The molecule has 2 rings (SSSR count). The molecule has 0 atom stereocenters. The number of hydrogen-bond donors (Lipinski definition) is 2. The highest BCUT2D eigenvalue weighted by atomic mass is 127. The van der Waals surface area contributed by atoms with Crippen molar-refractivity contribution in [3.8, 4) is 6.07 Å². The Kier molecular flexibility index (Phi) is 8.71. The molecule has 0 saturated heterocycles. The van der Waals surface area contributed by atoms with E-state index in [0.29, 0.717) is 30.2 Å². The zero-order valence-electron chi connectivity index (χ0n) is 13.3. The number of hydrogen-bond acceptors (Lipinski definition) is 3. The van der Waals surface area contributed by atoms with Crippen LogP contribution in [0.1, 0.15) is 16.8 Å². The molecular weight excluding hydrogens is 420 g/mol. The van der Waals surface area contributed by atoms with Crippen LogP contribution in [0.15, 0.2) is 47.6 Å². The third-order valence-corrected chi connectivity index (χ3v) is 3.25. The quantitative estimate of drug-likeness (QED) is 0.427. The molecule has 1 aromatic heterocycles. The highest BCUT2D eigenvalue weighted by Gasteiger charge is 2.05. The maximum atomic E-state index is 13.8. The molecule has 5 nitrogen and oxygen atoms in total. The zero-order valence-corrected chi connectivity index (χ0v) is 15.6. The lowest BCUT2D eigenvalue weighted by atomic mass is 10.1. The van der Waals surface area contributed by atoms with Gasteiger partial charge in [0.2, 0.25) is 0 Å². The highest BCUT2D eigenvalue weighted by Crippen LogP contribution is 2.09. The van der Waals surface area contributed by atoms with Crippen LogP contribution in [0.4, 0.5) is 4.39 Å². The monoisotopic (exact) mass is 439 g/mol. The molecule has 24 heavy (non-hydrogen) atoms. The summed E-state index contributed by atoms with van der Waals surface area (Å²) in [6.07, 6.45) is 2.53. The van der Waals surface area contributed by atoms with Gasteiger partial charge in [0.25, 0.3) is 0 Å². The Balaban J connectivity index is 0.00000288. The Hall–Kier alpha value is -2.21. The van der Waals surface area contributed by atoms with Crippen LogP contribution < -0.4 is 10.6 Å². The maximum Gasteiger partial charge on any atom is 0.191 e. The normalized spacial score (nSPS) is 10.5. The van der Waals surface area contributed by atoms with Crippen LogP contribution in [0.3, 0.4) is 0 Å². The Bertz CT molecular complexity index is 713. The molecule has 1 aromatic carbocycles. The minimum Gasteiger partial charge on any atom is -0.356 e. The smallest absolute Gasteiger partial charge is 0.191 e. The van der Waals surface area contributed by atoms with Gasteiger partial charge in [-0.05, 0) is 24.3 Å². The van der Waals surface area contributed by atoms with Gasteiger partial charge in [0, 0.05) is 44.0 Å². The number of pyridine rings is 1. The first-order chi connectivity index (χ1) is 11.2. The van der Waals surface area contributed by atoms with Crippen molar-refractivity contribution in [3.05, 3.63) is 65.2 Å². The average molecular weight is 439 g/mol. The van der Waals surface area contributed by atoms with Gasteiger partial charge >= 0.3 is 0 Å². The molecule has 2 aromatic rings. The van der Waals surface area contributed by atoms with Crippen molar-refractivity contribution in [2.45, 2.75) is 13.0 Å². The molecule has 0 fully saturated rings. The number of aromatic nitrogens is 1. The van der Waals surface area contributed by atoms with Crippen LogP contribution in [0.5, 0.6) is 0 Å². The molecule has 0 saturated carbocycles. The third-order valence-electron chi connectivity index (χ3n) is 3.25. The first kappa shape index (κ1) is 19.8. The highest BCUT2D eigenvalue weighted by molar-refractivity contribution is 14.0. The fourth-order valence-corrected chi connectivity index (χ4v) is 2.01. The van der Waals surface area contributed by atoms with E-state index in [-0.39, 0.29) is 24.0 Å². The number of aliphatic imine (C=N–C) groups is 1. The topological polar surface area (TPSA) is 73.1 Å². The SMILES string of the molecule is CN=C(NCCc1ccccn1)NCc1ccc(C#N)cc1F.I. The van der Waals surface area contributed by atoms with Gasteiger partial charge < -0.3 is 10.6 Å². The molecule has 126 valence electrons. The van der Waals surface area contributed by atoms with Crippen LogP contribution in [0.25, 0.3) is 0 Å². The summed E-state index contributed by atoms with van der Waals surface area (Å²) >= 11 is 0. The van der Waals surface area contributed by atoms with Gasteiger partial charge in [-0.1, -0.05) is 12.1 Å². The summed E-state index contributed by atoms with van der Waals surface area (Å²) in [4.78, 5) is 8.34. The summed E-state index contributed by atoms with van der Waals surface area (Å²) in [7, 11) is 1.66. The largest absolute Gasteiger partial charge is 0.356 e. The number of rotatable bonds is 5. The fraction of sp³-hybridized carbons (Fsp3) is 0.235. The van der Waals surface area contributed by atoms with E-state index in [1.807, 2.05) is 24.3 Å². The zero-order chi connectivity index (χ0) is 16.5. The van der Waals surface area contributed by atoms with E-state index in [2.05, 4.69) is 20.6 Å². The second-order valence-electron chi connectivity index (χ2n) is 4.84. The Morgan fingerprint density at radius 1 is 1.29 bits per heavy atom. The summed E-state index contributed by atoms with van der Waals surface area (Å²) in [6, 6.07) is 12.1. The van der Waals surface area contributed by atoms with E-state index >= 15 is 0 Å². The lowest BCUT2D eigenvalue weighted by Crippen LogP contribution is -2.38. The van der Waals surface area contributed by atoms with E-state index < -0.39 is 5.82 Å². The number of benzene rings is 1. The summed E-state index contributed by atoms with van der Waals surface area (Å²) in [5.41, 5.74) is 1.79. The summed E-state index contributed by atoms with van der Waals surface area (Å²) < 4.78 is 13.8. The molecule has 0 aliphatic carbocycles. The van der Waals surface area contributed by atoms with E-state index in [1.165, 1.54) is 6.07 Å². The van der Waals surface area contributed by atoms with E-state index in [9.17, 15) is 4.39 Å². The van der Waals surface area contributed by atoms with Gasteiger partial charge in [0.05, 0.1) is 11.6 Å². The Morgan fingerprint density at radius 3 is 2.75 bits per heavy atom. The van der Waals surface area contributed by atoms with Crippen LogP contribution in [-0.2, 0) is 13.0 Å². The number of nitrogens with one attached hydrogen (secondary N) is 2. The molecular formula is C17H19FIN5. The molecule has 1 heterocycles. The van der Waals surface area contributed by atoms with Crippen molar-refractivity contribution in [1.29, 1.82) is 5.26 Å². The van der Waals surface area contributed by atoms with Crippen LogP contribution in [0.2, 0.25) is 0 Å². The van der Waals surface area contributed by atoms with Gasteiger partial charge in [-0.25, -0.2) is 4.39 Å². The molecule has 0 spiro atoms. The summed E-state index contributed by atoms with van der Waals surface area (Å²) in [5.74, 6) is 0.185. The van der Waals surface area contributed by atoms with E-state index in [4.69, 9.17) is 5.26 Å². The molecule has 0 aliphatic heterocycles. The summed E-state index contributed by atoms with van der Waals surface area (Å²) in [5, 5.41) is 14.9. The standard InChI is InChI=1S/C17H18FN5.HI/c1-20-17(22-9-7-15-4-2-3-8-21-15)23-12-14-6-5-13(11-19)10-16(14)18;/h2-6,8,10H,7,9,12H2,1H3,(H2,20,22,23);1H. The van der Waals surface area contributed by atoms with Crippen LogP contribution in [-0.4, -0.2) is 24.5 Å². The predicted octanol–water partition coefficient (Wildman–Crippen LogP) is 2.62. The molecule has 2 N–H and O–H groups in total. The lowest BCUT2D eigenvalue weighted by Gasteiger charge is -2.12. The van der Waals surface area contributed by atoms with Crippen molar-refractivity contribution in [3.63, 3.8) is 0 Å². The molecule has 0 aliphatic rings. The Morgan fingerprint density at radius 2 is 2.12 bits per heavy atom. The number of guanidine groups is 1. The van der Waals surface area contributed by atoms with Crippen molar-refractivity contribution < 1.29 is 4.39 Å². The minimum absolute atomic E-state index is 0. The molecule has 0 radical (unpaired) electrons. The van der Waals surface area contributed by atoms with Gasteiger partial charge in [0.15, 0.2) is 5.96 Å². The first-order valence-electron chi connectivity index (χ1n) is 7.26. The summed E-state index contributed by atoms with van der Waals surface area (Å²) in [6.45, 7) is 0.966. The van der Waals surface area contributed by atoms with E-state index in [1.54, 1.807) is 25.4 Å². The van der Waals surface area contributed by atoms with E-state index in [0.717, 1.165) is 12.1 Å². The van der Waals surface area contributed by atoms with Crippen molar-refractivity contribution in [2.24, 2.45) is 4.99 Å². The van der Waals surface area contributed by atoms with Crippen LogP contribution in [0, 0.1) is 17.1 Å². The lowest BCUT2D eigenvalue weighted by molar-refractivity contribution is 0.604. The maximum absolute atomic E-state index is 13.8. The van der Waals surface area contributed by atoms with Gasteiger partial charge in [-0.3, -0.25) is 9.98 Å². The molecule has 0 amide bonds. The van der Waals surface area contributed by atoms with Gasteiger partial charge in [0.1, 0.15) is 5.82 Å².